The van der Waals surface area contributed by atoms with Crippen LogP contribution in [-0.4, -0.2) is 25.0 Å². The van der Waals surface area contributed by atoms with Crippen molar-refractivity contribution >= 4 is 23.4 Å². The summed E-state index contributed by atoms with van der Waals surface area (Å²) in [5, 5.41) is 3.17. The van der Waals surface area contributed by atoms with E-state index in [9.17, 15) is 9.59 Å². The third kappa shape index (κ3) is 5.77. The van der Waals surface area contributed by atoms with Gasteiger partial charge in [-0.1, -0.05) is 49.7 Å². The minimum atomic E-state index is -0.659. The van der Waals surface area contributed by atoms with Gasteiger partial charge in [-0.25, -0.2) is 0 Å². The van der Waals surface area contributed by atoms with Crippen molar-refractivity contribution < 1.29 is 14.3 Å². The van der Waals surface area contributed by atoms with Crippen molar-refractivity contribution in [1.29, 1.82) is 0 Å². The van der Waals surface area contributed by atoms with Crippen molar-refractivity contribution in [2.24, 2.45) is 5.73 Å². The minimum Gasteiger partial charge on any atom is -0.483 e. The van der Waals surface area contributed by atoms with Crippen LogP contribution in [0, 0.1) is 0 Å². The van der Waals surface area contributed by atoms with E-state index < -0.39 is 5.91 Å². The van der Waals surface area contributed by atoms with Gasteiger partial charge in [0, 0.05) is 11.6 Å². The number of carbonyl (C=O) groups is 2. The molecule has 0 aliphatic heterocycles. The van der Waals surface area contributed by atoms with Crippen LogP contribution in [0.25, 0.3) is 0 Å². The fourth-order valence-corrected chi connectivity index (χ4v) is 2.60. The van der Waals surface area contributed by atoms with E-state index in [0.29, 0.717) is 17.5 Å². The molecule has 0 atom stereocenters. The third-order valence-corrected chi connectivity index (χ3v) is 4.18. The first-order valence-electron chi connectivity index (χ1n) is 8.44. The van der Waals surface area contributed by atoms with Crippen molar-refractivity contribution in [2.45, 2.75) is 26.2 Å². The van der Waals surface area contributed by atoms with E-state index in [1.54, 1.807) is 6.07 Å². The Kier molecular flexibility index (Phi) is 7.04. The molecule has 26 heavy (non-hydrogen) atoms. The summed E-state index contributed by atoms with van der Waals surface area (Å²) in [5.74, 6) is -0.192. The molecule has 0 heterocycles. The maximum Gasteiger partial charge on any atom is 0.257 e. The summed E-state index contributed by atoms with van der Waals surface area (Å²) >= 11 is 5.83. The highest BCUT2D eigenvalue weighted by Crippen LogP contribution is 2.22. The molecule has 0 saturated heterocycles. The minimum absolute atomic E-state index is 0.149. The molecule has 2 aromatic carbocycles. The molecule has 0 aliphatic rings. The van der Waals surface area contributed by atoms with Gasteiger partial charge in [-0.15, -0.1) is 0 Å². The summed E-state index contributed by atoms with van der Waals surface area (Å²) < 4.78 is 5.39. The molecule has 2 rings (SSSR count). The van der Waals surface area contributed by atoms with Crippen LogP contribution in [0.3, 0.4) is 0 Å². The summed E-state index contributed by atoms with van der Waals surface area (Å²) in [6.45, 7) is 4.61. The SMILES string of the molecule is CC(C)c1ccc(CCNC(=O)COc2ccc(Cl)cc2C(N)=O)cc1. The first-order chi connectivity index (χ1) is 12.4. The predicted molar refractivity (Wildman–Crippen MR) is 103 cm³/mol. The number of nitrogens with two attached hydrogens (primary N) is 1. The van der Waals surface area contributed by atoms with Crippen LogP contribution in [0.15, 0.2) is 42.5 Å². The van der Waals surface area contributed by atoms with Crippen LogP contribution in [0.1, 0.15) is 41.3 Å². The van der Waals surface area contributed by atoms with Crippen LogP contribution in [0.5, 0.6) is 5.75 Å². The van der Waals surface area contributed by atoms with E-state index in [4.69, 9.17) is 22.1 Å². The van der Waals surface area contributed by atoms with Gasteiger partial charge in [-0.3, -0.25) is 9.59 Å². The lowest BCUT2D eigenvalue weighted by Crippen LogP contribution is -2.31. The van der Waals surface area contributed by atoms with Gasteiger partial charge in [-0.05, 0) is 41.7 Å². The smallest absolute Gasteiger partial charge is 0.257 e. The summed E-state index contributed by atoms with van der Waals surface area (Å²) in [4.78, 5) is 23.3. The predicted octanol–water partition coefficient (Wildman–Crippen LogP) is 3.30. The molecule has 0 unspecified atom stereocenters. The largest absolute Gasteiger partial charge is 0.483 e. The van der Waals surface area contributed by atoms with Crippen LogP contribution in [0.2, 0.25) is 5.02 Å². The third-order valence-electron chi connectivity index (χ3n) is 3.95. The first kappa shape index (κ1) is 19.8. The second-order valence-corrected chi connectivity index (χ2v) is 6.73. The molecule has 0 radical (unpaired) electrons. The van der Waals surface area contributed by atoms with E-state index in [0.717, 1.165) is 12.0 Å². The van der Waals surface area contributed by atoms with E-state index in [1.807, 2.05) is 0 Å². The van der Waals surface area contributed by atoms with Gasteiger partial charge in [0.05, 0.1) is 5.56 Å². The van der Waals surface area contributed by atoms with E-state index in [2.05, 4.69) is 43.4 Å². The van der Waals surface area contributed by atoms with Gasteiger partial charge in [0.25, 0.3) is 11.8 Å². The normalized spacial score (nSPS) is 10.6. The zero-order valence-corrected chi connectivity index (χ0v) is 15.7. The second-order valence-electron chi connectivity index (χ2n) is 6.29. The van der Waals surface area contributed by atoms with Crippen LogP contribution < -0.4 is 15.8 Å². The zero-order chi connectivity index (χ0) is 19.1. The number of primary amides is 1. The van der Waals surface area contributed by atoms with Gasteiger partial charge in [0.2, 0.25) is 0 Å². The standard InChI is InChI=1S/C20H23ClN2O3/c1-13(2)15-5-3-14(4-6-15)9-10-23-19(24)12-26-18-8-7-16(21)11-17(18)20(22)25/h3-8,11,13H,9-10,12H2,1-2H3,(H2,22,25)(H,23,24). The molecule has 0 bridgehead atoms. The molecular weight excluding hydrogens is 352 g/mol. The molecule has 0 fully saturated rings. The van der Waals surface area contributed by atoms with Gasteiger partial charge >= 0.3 is 0 Å². The Labute approximate surface area is 158 Å². The highest BCUT2D eigenvalue weighted by molar-refractivity contribution is 6.31. The lowest BCUT2D eigenvalue weighted by molar-refractivity contribution is -0.123. The second kappa shape index (κ2) is 9.25. The van der Waals surface area contributed by atoms with E-state index in [1.165, 1.54) is 17.7 Å². The Morgan fingerprint density at radius 2 is 1.85 bits per heavy atom. The van der Waals surface area contributed by atoms with E-state index in [-0.39, 0.29) is 23.8 Å². The van der Waals surface area contributed by atoms with Crippen LogP contribution in [0.4, 0.5) is 0 Å². The van der Waals surface area contributed by atoms with Gasteiger partial charge < -0.3 is 15.8 Å². The highest BCUT2D eigenvalue weighted by Gasteiger charge is 2.12. The van der Waals surface area contributed by atoms with Crippen molar-refractivity contribution in [2.75, 3.05) is 13.2 Å². The maximum atomic E-state index is 11.9. The summed E-state index contributed by atoms with van der Waals surface area (Å²) in [7, 11) is 0. The number of nitrogens with one attached hydrogen (secondary N) is 1. The zero-order valence-electron chi connectivity index (χ0n) is 14.9. The number of ether oxygens (including phenoxy) is 1. The number of halogens is 1. The lowest BCUT2D eigenvalue weighted by atomic mass is 10.0. The number of carbonyl (C=O) groups excluding carboxylic acids is 2. The Balaban J connectivity index is 1.80. The molecule has 138 valence electrons. The Morgan fingerprint density at radius 1 is 1.15 bits per heavy atom. The quantitative estimate of drug-likeness (QED) is 0.743. The van der Waals surface area contributed by atoms with Crippen molar-refractivity contribution in [3.05, 3.63) is 64.2 Å². The highest BCUT2D eigenvalue weighted by atomic mass is 35.5. The fourth-order valence-electron chi connectivity index (χ4n) is 2.43. The van der Waals surface area contributed by atoms with Gasteiger partial charge in [0.15, 0.2) is 6.61 Å². The van der Waals surface area contributed by atoms with Crippen molar-refractivity contribution in [3.63, 3.8) is 0 Å². The van der Waals surface area contributed by atoms with Gasteiger partial charge in [0.1, 0.15) is 5.75 Å². The Bertz CT molecular complexity index is 773. The molecule has 5 nitrogen and oxygen atoms in total. The molecule has 0 aromatic heterocycles. The molecular formula is C20H23ClN2O3. The number of benzene rings is 2. The maximum absolute atomic E-state index is 11.9. The molecule has 2 amide bonds. The van der Waals surface area contributed by atoms with Crippen LogP contribution >= 0.6 is 11.6 Å². The summed E-state index contributed by atoms with van der Waals surface area (Å²) in [6.07, 6.45) is 0.734. The molecule has 0 saturated carbocycles. The lowest BCUT2D eigenvalue weighted by Gasteiger charge is -2.11. The number of rotatable bonds is 8. The summed E-state index contributed by atoms with van der Waals surface area (Å²) in [5.41, 5.74) is 7.88. The Morgan fingerprint density at radius 3 is 2.46 bits per heavy atom. The summed E-state index contributed by atoms with van der Waals surface area (Å²) in [6, 6.07) is 12.9. The van der Waals surface area contributed by atoms with Crippen LogP contribution in [-0.2, 0) is 11.2 Å². The monoisotopic (exact) mass is 374 g/mol. The van der Waals surface area contributed by atoms with Crippen molar-refractivity contribution in [1.82, 2.24) is 5.32 Å². The molecule has 3 N–H and O–H groups in total. The topological polar surface area (TPSA) is 81.4 Å². The number of hydrogen-bond acceptors (Lipinski definition) is 3. The number of amides is 2. The first-order valence-corrected chi connectivity index (χ1v) is 8.82. The number of hydrogen-bond donors (Lipinski definition) is 2. The molecule has 2 aromatic rings. The van der Waals surface area contributed by atoms with Gasteiger partial charge in [-0.2, -0.15) is 0 Å². The molecule has 6 heteroatoms. The average molecular weight is 375 g/mol. The Hall–Kier alpha value is -2.53. The molecule has 0 aliphatic carbocycles. The molecule has 0 spiro atoms. The average Bonchev–Trinajstić information content (AvgIpc) is 2.61. The van der Waals surface area contributed by atoms with Crippen molar-refractivity contribution in [3.8, 4) is 5.75 Å². The fraction of sp³-hybridized carbons (Fsp3) is 0.300. The van der Waals surface area contributed by atoms with E-state index >= 15 is 0 Å².